The molecule has 2 heterocycles. The van der Waals surface area contributed by atoms with E-state index < -0.39 is 74.5 Å². The molecule has 9 N–H and O–H groups in total. The number of nitrogens with two attached hydrogens (primary N) is 1. The van der Waals surface area contributed by atoms with Crippen LogP contribution in [0.4, 0.5) is 0 Å². The Hall–Kier alpha value is -0.440. The van der Waals surface area contributed by atoms with E-state index in [-0.39, 0.29) is 0 Å². The molecule has 142 valence electrons. The highest BCUT2D eigenvalue weighted by molar-refractivity contribution is 4.96. The largest absolute Gasteiger partial charge is 0.394 e. The van der Waals surface area contributed by atoms with Gasteiger partial charge in [0.1, 0.15) is 36.6 Å². The van der Waals surface area contributed by atoms with Gasteiger partial charge in [0.25, 0.3) is 0 Å². The number of likely N-dealkylation sites (N-methyl/N-ethyl adjacent to an activating group) is 1. The first-order chi connectivity index (χ1) is 11.3. The van der Waals surface area contributed by atoms with Crippen LogP contribution in [0.3, 0.4) is 0 Å². The summed E-state index contributed by atoms with van der Waals surface area (Å²) in [6.07, 6.45) is -10.1. The lowest BCUT2D eigenvalue weighted by atomic mass is 9.95. The van der Waals surface area contributed by atoms with E-state index in [2.05, 4.69) is 5.32 Å². The Morgan fingerprint density at radius 1 is 0.958 bits per heavy atom. The molecule has 0 aliphatic carbocycles. The average Bonchev–Trinajstić information content (AvgIpc) is 2.57. The van der Waals surface area contributed by atoms with Crippen LogP contribution in [0.1, 0.15) is 0 Å². The second kappa shape index (κ2) is 8.29. The van der Waals surface area contributed by atoms with Crippen LogP contribution in [0.2, 0.25) is 0 Å². The summed E-state index contributed by atoms with van der Waals surface area (Å²) in [4.78, 5) is 0. The Labute approximate surface area is 138 Å². The van der Waals surface area contributed by atoms with E-state index in [0.29, 0.717) is 0 Å². The number of hydrogen-bond acceptors (Lipinski definition) is 11. The molecule has 2 aliphatic rings. The maximum absolute atomic E-state index is 10.4. The summed E-state index contributed by atoms with van der Waals surface area (Å²) in [7, 11) is 1.50. The van der Waals surface area contributed by atoms with Crippen LogP contribution in [-0.2, 0) is 14.2 Å². The van der Waals surface area contributed by atoms with E-state index in [9.17, 15) is 30.6 Å². The lowest BCUT2D eigenvalue weighted by Crippen LogP contribution is -2.67. The summed E-state index contributed by atoms with van der Waals surface area (Å²) in [5, 5.41) is 61.3. The van der Waals surface area contributed by atoms with Gasteiger partial charge in [-0.25, -0.2) is 0 Å². The molecule has 11 nitrogen and oxygen atoms in total. The van der Waals surface area contributed by atoms with E-state index in [1.807, 2.05) is 0 Å². The van der Waals surface area contributed by atoms with Gasteiger partial charge in [-0.1, -0.05) is 0 Å². The fraction of sp³-hybridized carbons (Fsp3) is 1.00. The van der Waals surface area contributed by atoms with Gasteiger partial charge >= 0.3 is 0 Å². The van der Waals surface area contributed by atoms with Crippen LogP contribution in [0.25, 0.3) is 0 Å². The average molecular weight is 354 g/mol. The minimum absolute atomic E-state index is 0.549. The third kappa shape index (κ3) is 3.71. The van der Waals surface area contributed by atoms with Crippen LogP contribution >= 0.6 is 0 Å². The van der Waals surface area contributed by atoms with Crippen LogP contribution in [0.15, 0.2) is 0 Å². The number of ether oxygens (including phenoxy) is 3. The molecular formula is C13H26N2O9. The van der Waals surface area contributed by atoms with Gasteiger partial charge in [0.15, 0.2) is 12.6 Å². The number of aliphatic hydroxyl groups excluding tert-OH is 6. The Kier molecular flexibility index (Phi) is 6.87. The van der Waals surface area contributed by atoms with Gasteiger partial charge in [0, 0.05) is 0 Å². The molecular weight excluding hydrogens is 328 g/mol. The number of nitrogens with one attached hydrogen (secondary N) is 1. The Morgan fingerprint density at radius 3 is 2.12 bits per heavy atom. The predicted octanol–water partition coefficient (Wildman–Crippen LogP) is -5.20. The first-order valence-electron chi connectivity index (χ1n) is 7.68. The van der Waals surface area contributed by atoms with Crippen molar-refractivity contribution in [2.45, 2.75) is 61.3 Å². The van der Waals surface area contributed by atoms with Crippen molar-refractivity contribution in [2.75, 3.05) is 20.3 Å². The standard InChI is InChI=1S/C13H26N2O9/c1-15-7-10(20)11(5(3-17)22-12(7)21)24-13-9(19)6(14)8(18)4(2-16)23-13/h4-13,15-21H,2-3,14H2,1H3. The quantitative estimate of drug-likeness (QED) is 0.236. The summed E-state index contributed by atoms with van der Waals surface area (Å²) in [6, 6.07) is -2.03. The van der Waals surface area contributed by atoms with Crippen LogP contribution in [-0.4, -0.2) is 112 Å². The molecule has 2 fully saturated rings. The first-order valence-corrected chi connectivity index (χ1v) is 7.68. The SMILES string of the molecule is CNC1C(O)OC(CO)C(OC2OC(CO)C(O)C(N)C2O)C1O. The third-order valence-electron chi connectivity index (χ3n) is 4.43. The van der Waals surface area contributed by atoms with Crippen molar-refractivity contribution in [1.82, 2.24) is 5.32 Å². The smallest absolute Gasteiger partial charge is 0.186 e. The molecule has 0 radical (unpaired) electrons. The van der Waals surface area contributed by atoms with Crippen LogP contribution < -0.4 is 11.1 Å². The summed E-state index contributed by atoms with van der Waals surface area (Å²) in [5.74, 6) is 0. The molecule has 24 heavy (non-hydrogen) atoms. The van der Waals surface area contributed by atoms with Crippen molar-refractivity contribution in [3.63, 3.8) is 0 Å². The van der Waals surface area contributed by atoms with E-state index in [1.165, 1.54) is 7.05 Å². The highest BCUT2D eigenvalue weighted by atomic mass is 16.7. The van der Waals surface area contributed by atoms with E-state index in [1.54, 1.807) is 0 Å². The summed E-state index contributed by atoms with van der Waals surface area (Å²) in [5.41, 5.74) is 5.69. The molecule has 2 aliphatic heterocycles. The van der Waals surface area contributed by atoms with Crippen molar-refractivity contribution in [3.8, 4) is 0 Å². The molecule has 10 unspecified atom stereocenters. The van der Waals surface area contributed by atoms with Crippen molar-refractivity contribution in [1.29, 1.82) is 0 Å². The molecule has 11 heteroatoms. The molecule has 0 bridgehead atoms. The van der Waals surface area contributed by atoms with E-state index >= 15 is 0 Å². The molecule has 0 amide bonds. The molecule has 2 saturated heterocycles. The van der Waals surface area contributed by atoms with Gasteiger partial charge in [-0.15, -0.1) is 0 Å². The molecule has 0 saturated carbocycles. The Morgan fingerprint density at radius 2 is 1.58 bits per heavy atom. The molecule has 0 aromatic rings. The number of aliphatic hydroxyl groups is 6. The zero-order valence-corrected chi connectivity index (χ0v) is 13.2. The lowest BCUT2D eigenvalue weighted by Gasteiger charge is -2.46. The summed E-state index contributed by atoms with van der Waals surface area (Å²) in [6.45, 7) is -1.11. The fourth-order valence-electron chi connectivity index (χ4n) is 2.95. The number of hydrogen-bond donors (Lipinski definition) is 8. The van der Waals surface area contributed by atoms with Crippen LogP contribution in [0.5, 0.6) is 0 Å². The van der Waals surface area contributed by atoms with Gasteiger partial charge in [0.05, 0.1) is 25.3 Å². The van der Waals surface area contributed by atoms with Gasteiger partial charge in [0.2, 0.25) is 0 Å². The second-order valence-corrected chi connectivity index (χ2v) is 5.94. The minimum Gasteiger partial charge on any atom is -0.394 e. The fourth-order valence-corrected chi connectivity index (χ4v) is 2.95. The Bertz CT molecular complexity index is 402. The van der Waals surface area contributed by atoms with Crippen molar-refractivity contribution >= 4 is 0 Å². The zero-order chi connectivity index (χ0) is 18.0. The molecule has 10 atom stereocenters. The number of rotatable bonds is 5. The zero-order valence-electron chi connectivity index (χ0n) is 13.2. The van der Waals surface area contributed by atoms with Gasteiger partial charge < -0.3 is 55.9 Å². The second-order valence-electron chi connectivity index (χ2n) is 5.94. The minimum atomic E-state index is -1.44. The maximum Gasteiger partial charge on any atom is 0.186 e. The monoisotopic (exact) mass is 354 g/mol. The highest BCUT2D eigenvalue weighted by Crippen LogP contribution is 2.27. The van der Waals surface area contributed by atoms with Gasteiger partial charge in [-0.05, 0) is 7.05 Å². The summed E-state index contributed by atoms with van der Waals surface area (Å²) < 4.78 is 16.0. The van der Waals surface area contributed by atoms with Gasteiger partial charge in [-0.3, -0.25) is 0 Å². The lowest BCUT2D eigenvalue weighted by molar-refractivity contribution is -0.333. The van der Waals surface area contributed by atoms with Crippen LogP contribution in [0, 0.1) is 0 Å². The first kappa shape index (κ1) is 19.9. The normalized spacial score (nSPS) is 50.0. The summed E-state index contributed by atoms with van der Waals surface area (Å²) >= 11 is 0. The predicted molar refractivity (Wildman–Crippen MR) is 77.4 cm³/mol. The maximum atomic E-state index is 10.4. The van der Waals surface area contributed by atoms with Gasteiger partial charge in [-0.2, -0.15) is 0 Å². The molecule has 0 spiro atoms. The highest BCUT2D eigenvalue weighted by Gasteiger charge is 2.49. The molecule has 2 rings (SSSR count). The van der Waals surface area contributed by atoms with E-state index in [0.717, 1.165) is 0 Å². The van der Waals surface area contributed by atoms with E-state index in [4.69, 9.17) is 19.9 Å². The molecule has 0 aromatic heterocycles. The topological polar surface area (TPSA) is 187 Å². The van der Waals surface area contributed by atoms with Crippen molar-refractivity contribution < 1.29 is 44.8 Å². The Balaban J connectivity index is 2.14. The van der Waals surface area contributed by atoms with Crippen molar-refractivity contribution in [2.24, 2.45) is 5.73 Å². The third-order valence-corrected chi connectivity index (χ3v) is 4.43. The van der Waals surface area contributed by atoms with Crippen molar-refractivity contribution in [3.05, 3.63) is 0 Å². The molecule has 0 aromatic carbocycles.